The van der Waals surface area contributed by atoms with Crippen molar-refractivity contribution in [3.63, 3.8) is 0 Å². The van der Waals surface area contributed by atoms with E-state index in [-0.39, 0.29) is 0 Å². The minimum atomic E-state index is 0.781. The van der Waals surface area contributed by atoms with Crippen LogP contribution in [-0.4, -0.2) is 9.97 Å². The van der Waals surface area contributed by atoms with Gasteiger partial charge >= 0.3 is 0 Å². The predicted molar refractivity (Wildman–Crippen MR) is 100 cm³/mol. The third kappa shape index (κ3) is 4.81. The normalized spacial score (nSPS) is 10.5. The molecular weight excluding hydrogens is 370 g/mol. The molecule has 0 radical (unpaired) electrons. The fourth-order valence-corrected chi connectivity index (χ4v) is 3.41. The van der Waals surface area contributed by atoms with Gasteiger partial charge in [0.05, 0.1) is 0 Å². The average Bonchev–Trinajstić information content (AvgIpc) is 2.53. The second-order valence-corrected chi connectivity index (χ2v) is 6.94. The molecule has 0 bridgehead atoms. The number of benzene rings is 2. The average molecular weight is 386 g/mol. The summed E-state index contributed by atoms with van der Waals surface area (Å²) in [5.41, 5.74) is 3.22. The van der Waals surface area contributed by atoms with Crippen LogP contribution < -0.4 is 5.32 Å². The Kier molecular flexibility index (Phi) is 5.31. The summed E-state index contributed by atoms with van der Waals surface area (Å²) in [4.78, 5) is 9.11. The predicted octanol–water partition coefficient (Wildman–Crippen LogP) is 5.58. The monoisotopic (exact) mass is 385 g/mol. The molecule has 0 amide bonds. The molecule has 3 aromatic rings. The van der Waals surface area contributed by atoms with Crippen LogP contribution in [0.25, 0.3) is 0 Å². The topological polar surface area (TPSA) is 37.8 Å². The van der Waals surface area contributed by atoms with E-state index in [1.54, 1.807) is 11.8 Å². The van der Waals surface area contributed by atoms with Gasteiger partial charge in [-0.2, -0.15) is 0 Å². The number of nitrogens with one attached hydrogen (secondary N) is 1. The van der Waals surface area contributed by atoms with Crippen LogP contribution in [0.3, 0.4) is 0 Å². The highest BCUT2D eigenvalue weighted by molar-refractivity contribution is 9.10. The van der Waals surface area contributed by atoms with Crippen LogP contribution in [0.1, 0.15) is 11.3 Å². The van der Waals surface area contributed by atoms with Gasteiger partial charge in [0.2, 0.25) is 0 Å². The molecule has 1 aromatic heterocycles. The Labute approximate surface area is 148 Å². The lowest BCUT2D eigenvalue weighted by atomic mass is 10.2. The first kappa shape index (κ1) is 16.0. The van der Waals surface area contributed by atoms with Crippen molar-refractivity contribution >= 4 is 39.2 Å². The van der Waals surface area contributed by atoms with Crippen molar-refractivity contribution < 1.29 is 0 Å². The standard InChI is InChI=1S/C18H16BrN3S/c1-13-10-17(21-16-8-3-2-4-9-16)22-18(20-13)23-12-14-6-5-7-15(19)11-14/h2-11H,12H2,1H3,(H,20,21,22). The number of anilines is 2. The SMILES string of the molecule is Cc1cc(Nc2ccccc2)nc(SCc2cccc(Br)c2)n1. The fraction of sp³-hybridized carbons (Fsp3) is 0.111. The van der Waals surface area contributed by atoms with Gasteiger partial charge in [0.1, 0.15) is 5.82 Å². The minimum absolute atomic E-state index is 0.781. The van der Waals surface area contributed by atoms with E-state index in [0.29, 0.717) is 0 Å². The first-order valence-electron chi connectivity index (χ1n) is 7.24. The molecule has 5 heteroatoms. The summed E-state index contributed by atoms with van der Waals surface area (Å²) in [7, 11) is 0. The lowest BCUT2D eigenvalue weighted by Crippen LogP contribution is -1.98. The first-order valence-corrected chi connectivity index (χ1v) is 9.02. The van der Waals surface area contributed by atoms with E-state index in [2.05, 4.69) is 43.3 Å². The number of aryl methyl sites for hydroxylation is 1. The molecule has 2 aromatic carbocycles. The van der Waals surface area contributed by atoms with Crippen molar-refractivity contribution in [3.05, 3.63) is 76.4 Å². The van der Waals surface area contributed by atoms with E-state index >= 15 is 0 Å². The molecule has 0 aliphatic rings. The largest absolute Gasteiger partial charge is 0.340 e. The van der Waals surface area contributed by atoms with E-state index in [0.717, 1.165) is 32.6 Å². The number of para-hydroxylation sites is 1. The van der Waals surface area contributed by atoms with Gasteiger partial charge in [-0.25, -0.2) is 9.97 Å². The molecule has 1 N–H and O–H groups in total. The molecule has 0 unspecified atom stereocenters. The van der Waals surface area contributed by atoms with Crippen molar-refractivity contribution in [2.24, 2.45) is 0 Å². The molecule has 0 spiro atoms. The molecule has 0 saturated heterocycles. The number of aromatic nitrogens is 2. The summed E-state index contributed by atoms with van der Waals surface area (Å²) in [6.45, 7) is 1.99. The molecule has 1 heterocycles. The van der Waals surface area contributed by atoms with Crippen molar-refractivity contribution in [1.29, 1.82) is 0 Å². The third-order valence-corrected chi connectivity index (χ3v) is 4.55. The quantitative estimate of drug-likeness (QED) is 0.459. The Morgan fingerprint density at radius 3 is 2.61 bits per heavy atom. The maximum Gasteiger partial charge on any atom is 0.190 e. The highest BCUT2D eigenvalue weighted by Crippen LogP contribution is 2.24. The maximum absolute atomic E-state index is 4.60. The number of rotatable bonds is 5. The zero-order chi connectivity index (χ0) is 16.1. The van der Waals surface area contributed by atoms with Crippen molar-refractivity contribution in [3.8, 4) is 0 Å². The number of halogens is 1. The van der Waals surface area contributed by atoms with E-state index in [4.69, 9.17) is 0 Å². The molecule has 116 valence electrons. The van der Waals surface area contributed by atoms with Crippen LogP contribution in [0, 0.1) is 6.92 Å². The number of nitrogens with zero attached hydrogens (tertiary/aromatic N) is 2. The highest BCUT2D eigenvalue weighted by atomic mass is 79.9. The summed E-state index contributed by atoms with van der Waals surface area (Å²) in [5.74, 6) is 1.66. The van der Waals surface area contributed by atoms with Crippen LogP contribution >= 0.6 is 27.7 Å². The van der Waals surface area contributed by atoms with E-state index in [1.165, 1.54) is 5.56 Å². The minimum Gasteiger partial charge on any atom is -0.340 e. The number of thioether (sulfide) groups is 1. The fourth-order valence-electron chi connectivity index (χ4n) is 2.11. The molecule has 3 rings (SSSR count). The number of hydrogen-bond donors (Lipinski definition) is 1. The second-order valence-electron chi connectivity index (χ2n) is 5.09. The van der Waals surface area contributed by atoms with Crippen molar-refractivity contribution in [2.75, 3.05) is 5.32 Å². The highest BCUT2D eigenvalue weighted by Gasteiger charge is 2.05. The maximum atomic E-state index is 4.60. The summed E-state index contributed by atoms with van der Waals surface area (Å²) in [5, 5.41) is 4.10. The zero-order valence-corrected chi connectivity index (χ0v) is 15.1. The Bertz CT molecular complexity index is 793. The molecule has 0 fully saturated rings. The van der Waals surface area contributed by atoms with E-state index in [1.807, 2.05) is 55.5 Å². The van der Waals surface area contributed by atoms with Crippen LogP contribution in [0.2, 0.25) is 0 Å². The first-order chi connectivity index (χ1) is 11.2. The molecular formula is C18H16BrN3S. The van der Waals surface area contributed by atoms with Crippen molar-refractivity contribution in [2.45, 2.75) is 17.8 Å². The van der Waals surface area contributed by atoms with Crippen molar-refractivity contribution in [1.82, 2.24) is 9.97 Å². The summed E-state index contributed by atoms with van der Waals surface area (Å²) in [6.07, 6.45) is 0. The Balaban J connectivity index is 1.72. The van der Waals surface area contributed by atoms with E-state index < -0.39 is 0 Å². The van der Waals surface area contributed by atoms with Gasteiger partial charge in [-0.05, 0) is 36.8 Å². The molecule has 3 nitrogen and oxygen atoms in total. The lowest BCUT2D eigenvalue weighted by molar-refractivity contribution is 0.937. The van der Waals surface area contributed by atoms with E-state index in [9.17, 15) is 0 Å². The van der Waals surface area contributed by atoms with Gasteiger partial charge in [0.15, 0.2) is 5.16 Å². The molecule has 0 atom stereocenters. The lowest BCUT2D eigenvalue weighted by Gasteiger charge is -2.08. The molecule has 23 heavy (non-hydrogen) atoms. The number of hydrogen-bond acceptors (Lipinski definition) is 4. The van der Waals surface area contributed by atoms with Crippen LogP contribution in [0.4, 0.5) is 11.5 Å². The summed E-state index contributed by atoms with van der Waals surface area (Å²) >= 11 is 5.14. The van der Waals surface area contributed by atoms with Gasteiger partial charge < -0.3 is 5.32 Å². The Morgan fingerprint density at radius 1 is 1.00 bits per heavy atom. The van der Waals surface area contributed by atoms with Gasteiger partial charge in [-0.1, -0.05) is 58.0 Å². The second kappa shape index (κ2) is 7.62. The molecule has 0 saturated carbocycles. The van der Waals surface area contributed by atoms with Gasteiger partial charge in [-0.3, -0.25) is 0 Å². The Morgan fingerprint density at radius 2 is 1.83 bits per heavy atom. The van der Waals surface area contributed by atoms with Crippen LogP contribution in [0.15, 0.2) is 70.3 Å². The summed E-state index contributed by atoms with van der Waals surface area (Å²) < 4.78 is 1.09. The smallest absolute Gasteiger partial charge is 0.190 e. The molecule has 0 aliphatic heterocycles. The van der Waals surface area contributed by atoms with Crippen LogP contribution in [0.5, 0.6) is 0 Å². The zero-order valence-electron chi connectivity index (χ0n) is 12.7. The van der Waals surface area contributed by atoms with Crippen LogP contribution in [-0.2, 0) is 5.75 Å². The van der Waals surface area contributed by atoms with Gasteiger partial charge in [0, 0.05) is 27.7 Å². The third-order valence-electron chi connectivity index (χ3n) is 3.14. The van der Waals surface area contributed by atoms with Gasteiger partial charge in [0.25, 0.3) is 0 Å². The van der Waals surface area contributed by atoms with Gasteiger partial charge in [-0.15, -0.1) is 0 Å². The Hall–Kier alpha value is -1.85. The summed E-state index contributed by atoms with van der Waals surface area (Å²) in [6, 6.07) is 20.3. The molecule has 0 aliphatic carbocycles.